The zero-order valence-corrected chi connectivity index (χ0v) is 15.3. The molecule has 1 N–H and O–H groups in total. The lowest BCUT2D eigenvalue weighted by atomic mass is 9.89. The number of amides is 1. The molecule has 2 fully saturated rings. The Kier molecular flexibility index (Phi) is 5.02. The average Bonchev–Trinajstić information content (AvgIpc) is 3.35. The van der Waals surface area contributed by atoms with Crippen LogP contribution in [-0.2, 0) is 0 Å². The van der Waals surface area contributed by atoms with E-state index in [4.69, 9.17) is 0 Å². The SMILES string of the molecule is O=C(c1csc(NC2CCCC2)n1)N1CCC(c2ccccc2)CC1. The molecule has 1 aliphatic carbocycles. The Morgan fingerprint density at radius 2 is 1.80 bits per heavy atom. The molecule has 132 valence electrons. The second kappa shape index (κ2) is 7.56. The van der Waals surface area contributed by atoms with E-state index in [0.717, 1.165) is 31.1 Å². The summed E-state index contributed by atoms with van der Waals surface area (Å²) in [6.45, 7) is 1.64. The summed E-state index contributed by atoms with van der Waals surface area (Å²) in [7, 11) is 0. The second-order valence-electron chi connectivity index (χ2n) is 7.14. The first-order valence-electron chi connectivity index (χ1n) is 9.36. The summed E-state index contributed by atoms with van der Waals surface area (Å²) in [4.78, 5) is 19.2. The van der Waals surface area contributed by atoms with Crippen LogP contribution in [0.25, 0.3) is 0 Å². The Balaban J connectivity index is 1.33. The third kappa shape index (κ3) is 3.87. The van der Waals surface area contributed by atoms with E-state index in [2.05, 4.69) is 40.6 Å². The molecule has 1 aliphatic heterocycles. The maximum atomic E-state index is 12.7. The van der Waals surface area contributed by atoms with Gasteiger partial charge in [-0.2, -0.15) is 0 Å². The highest BCUT2D eigenvalue weighted by molar-refractivity contribution is 7.13. The van der Waals surface area contributed by atoms with Crippen LogP contribution in [0.1, 0.15) is 60.5 Å². The number of rotatable bonds is 4. The summed E-state index contributed by atoms with van der Waals surface area (Å²) >= 11 is 1.56. The minimum absolute atomic E-state index is 0.0854. The molecule has 1 saturated carbocycles. The molecule has 2 heterocycles. The maximum absolute atomic E-state index is 12.7. The molecule has 0 radical (unpaired) electrons. The normalized spacial score (nSPS) is 19.3. The lowest BCUT2D eigenvalue weighted by Crippen LogP contribution is -2.38. The Morgan fingerprint density at radius 1 is 1.08 bits per heavy atom. The molecule has 1 aromatic heterocycles. The van der Waals surface area contributed by atoms with Crippen LogP contribution >= 0.6 is 11.3 Å². The highest BCUT2D eigenvalue weighted by Crippen LogP contribution is 2.29. The molecule has 5 heteroatoms. The molecule has 0 bridgehead atoms. The van der Waals surface area contributed by atoms with E-state index in [1.165, 1.54) is 31.2 Å². The highest BCUT2D eigenvalue weighted by atomic mass is 32.1. The molecule has 1 aromatic carbocycles. The molecule has 0 atom stereocenters. The Morgan fingerprint density at radius 3 is 2.52 bits per heavy atom. The van der Waals surface area contributed by atoms with Crippen LogP contribution in [0.2, 0.25) is 0 Å². The van der Waals surface area contributed by atoms with Gasteiger partial charge in [0.25, 0.3) is 5.91 Å². The monoisotopic (exact) mass is 355 g/mol. The zero-order chi connectivity index (χ0) is 17.1. The number of piperidine rings is 1. The maximum Gasteiger partial charge on any atom is 0.273 e. The molecular weight excluding hydrogens is 330 g/mol. The van der Waals surface area contributed by atoms with E-state index in [9.17, 15) is 4.79 Å². The molecule has 4 nitrogen and oxygen atoms in total. The number of hydrogen-bond acceptors (Lipinski definition) is 4. The van der Waals surface area contributed by atoms with Gasteiger partial charge in [-0.3, -0.25) is 4.79 Å². The Hall–Kier alpha value is -1.88. The summed E-state index contributed by atoms with van der Waals surface area (Å²) < 4.78 is 0. The van der Waals surface area contributed by atoms with Crippen molar-refractivity contribution in [3.8, 4) is 0 Å². The van der Waals surface area contributed by atoms with Crippen molar-refractivity contribution in [3.63, 3.8) is 0 Å². The predicted octanol–water partition coefficient (Wildman–Crippen LogP) is 4.52. The van der Waals surface area contributed by atoms with Crippen molar-refractivity contribution in [1.29, 1.82) is 0 Å². The molecular formula is C20H25N3OS. The van der Waals surface area contributed by atoms with Gasteiger partial charge in [-0.05, 0) is 37.2 Å². The first kappa shape index (κ1) is 16.6. The lowest BCUT2D eigenvalue weighted by molar-refractivity contribution is 0.0708. The first-order valence-corrected chi connectivity index (χ1v) is 10.2. The van der Waals surface area contributed by atoms with Crippen molar-refractivity contribution in [3.05, 3.63) is 47.0 Å². The van der Waals surface area contributed by atoms with Gasteiger partial charge in [-0.25, -0.2) is 4.98 Å². The van der Waals surface area contributed by atoms with Crippen LogP contribution in [0.4, 0.5) is 5.13 Å². The van der Waals surface area contributed by atoms with Gasteiger partial charge in [-0.15, -0.1) is 11.3 Å². The van der Waals surface area contributed by atoms with Crippen LogP contribution in [0.15, 0.2) is 35.7 Å². The Bertz CT molecular complexity index is 701. The third-order valence-electron chi connectivity index (χ3n) is 5.46. The van der Waals surface area contributed by atoms with Gasteiger partial charge in [0.1, 0.15) is 5.69 Å². The number of hydrogen-bond donors (Lipinski definition) is 1. The number of nitrogens with one attached hydrogen (secondary N) is 1. The first-order chi connectivity index (χ1) is 12.3. The third-order valence-corrected chi connectivity index (χ3v) is 6.23. The molecule has 1 saturated heterocycles. The largest absolute Gasteiger partial charge is 0.359 e. The summed E-state index contributed by atoms with van der Waals surface area (Å²) in [6.07, 6.45) is 7.10. The van der Waals surface area contributed by atoms with Crippen molar-refractivity contribution in [2.45, 2.75) is 50.5 Å². The molecule has 0 spiro atoms. The molecule has 0 unspecified atom stereocenters. The number of likely N-dealkylation sites (tertiary alicyclic amines) is 1. The fraction of sp³-hybridized carbons (Fsp3) is 0.500. The van der Waals surface area contributed by atoms with Crippen LogP contribution < -0.4 is 5.32 Å². The van der Waals surface area contributed by atoms with Crippen molar-refractivity contribution < 1.29 is 4.79 Å². The van der Waals surface area contributed by atoms with E-state index in [1.807, 2.05) is 10.3 Å². The number of carbonyl (C=O) groups excluding carboxylic acids is 1. The standard InChI is InChI=1S/C20H25N3OS/c24-19(18-14-25-20(22-18)21-17-8-4-5-9-17)23-12-10-16(11-13-23)15-6-2-1-3-7-15/h1-3,6-7,14,16-17H,4-5,8-13H2,(H,21,22). The van der Waals surface area contributed by atoms with Gasteiger partial charge in [0.2, 0.25) is 0 Å². The fourth-order valence-electron chi connectivity index (χ4n) is 3.99. The smallest absolute Gasteiger partial charge is 0.273 e. The van der Waals surface area contributed by atoms with Crippen LogP contribution in [0, 0.1) is 0 Å². The second-order valence-corrected chi connectivity index (χ2v) is 8.00. The van der Waals surface area contributed by atoms with Gasteiger partial charge in [0.05, 0.1) is 0 Å². The van der Waals surface area contributed by atoms with E-state index in [-0.39, 0.29) is 5.91 Å². The average molecular weight is 356 g/mol. The van der Waals surface area contributed by atoms with Crippen LogP contribution in [0.5, 0.6) is 0 Å². The van der Waals surface area contributed by atoms with Crippen molar-refractivity contribution >= 4 is 22.4 Å². The molecule has 1 amide bonds. The minimum Gasteiger partial charge on any atom is -0.359 e. The highest BCUT2D eigenvalue weighted by Gasteiger charge is 2.26. The minimum atomic E-state index is 0.0854. The van der Waals surface area contributed by atoms with Crippen LogP contribution in [-0.4, -0.2) is 34.9 Å². The number of aromatic nitrogens is 1. The van der Waals surface area contributed by atoms with Gasteiger partial charge < -0.3 is 10.2 Å². The van der Waals surface area contributed by atoms with Gasteiger partial charge in [0, 0.05) is 24.5 Å². The van der Waals surface area contributed by atoms with E-state index in [0.29, 0.717) is 17.7 Å². The van der Waals surface area contributed by atoms with Crippen molar-refractivity contribution in [1.82, 2.24) is 9.88 Å². The van der Waals surface area contributed by atoms with Gasteiger partial charge in [0.15, 0.2) is 5.13 Å². The van der Waals surface area contributed by atoms with Crippen LogP contribution in [0.3, 0.4) is 0 Å². The quantitative estimate of drug-likeness (QED) is 0.877. The fourth-order valence-corrected chi connectivity index (χ4v) is 4.75. The van der Waals surface area contributed by atoms with Gasteiger partial charge in [-0.1, -0.05) is 43.2 Å². The van der Waals surface area contributed by atoms with Crippen molar-refractivity contribution in [2.75, 3.05) is 18.4 Å². The van der Waals surface area contributed by atoms with E-state index in [1.54, 1.807) is 11.3 Å². The molecule has 25 heavy (non-hydrogen) atoms. The van der Waals surface area contributed by atoms with Crippen molar-refractivity contribution in [2.24, 2.45) is 0 Å². The molecule has 2 aromatic rings. The molecule has 4 rings (SSSR count). The van der Waals surface area contributed by atoms with E-state index >= 15 is 0 Å². The van der Waals surface area contributed by atoms with Gasteiger partial charge >= 0.3 is 0 Å². The number of benzene rings is 1. The predicted molar refractivity (Wildman–Crippen MR) is 102 cm³/mol. The summed E-state index contributed by atoms with van der Waals surface area (Å²) in [5, 5.41) is 6.29. The van der Waals surface area contributed by atoms with E-state index < -0.39 is 0 Å². The number of anilines is 1. The number of carbonyl (C=O) groups is 1. The number of thiazole rings is 1. The lowest BCUT2D eigenvalue weighted by Gasteiger charge is -2.31. The summed E-state index contributed by atoms with van der Waals surface area (Å²) in [6, 6.07) is 11.2. The Labute approximate surface area is 153 Å². The zero-order valence-electron chi connectivity index (χ0n) is 14.5. The number of nitrogens with zero attached hydrogens (tertiary/aromatic N) is 2. The summed E-state index contributed by atoms with van der Waals surface area (Å²) in [5.74, 6) is 0.655. The summed E-state index contributed by atoms with van der Waals surface area (Å²) in [5.41, 5.74) is 2.00. The topological polar surface area (TPSA) is 45.2 Å². The molecule has 2 aliphatic rings.